The third kappa shape index (κ3) is 5.38. The number of allylic oxidation sites excluding steroid dienone is 6. The Balaban J connectivity index is 1.15. The van der Waals surface area contributed by atoms with Crippen molar-refractivity contribution < 1.29 is 0 Å². The highest BCUT2D eigenvalue weighted by Gasteiger charge is 2.39. The van der Waals surface area contributed by atoms with Crippen molar-refractivity contribution in [2.24, 2.45) is 53.3 Å². The Labute approximate surface area is 276 Å². The minimum atomic E-state index is 0.486. The zero-order chi connectivity index (χ0) is 31.2. The Morgan fingerprint density at radius 1 is 0.891 bits per heavy atom. The lowest BCUT2D eigenvalue weighted by Gasteiger charge is -2.37. The van der Waals surface area contributed by atoms with Crippen LogP contribution in [-0.2, 0) is 0 Å². The van der Waals surface area contributed by atoms with Crippen LogP contribution >= 0.6 is 0 Å². The van der Waals surface area contributed by atoms with Gasteiger partial charge in [0.15, 0.2) is 0 Å². The maximum atomic E-state index is 8.15. The monoisotopic (exact) mass is 610 g/mol. The van der Waals surface area contributed by atoms with Gasteiger partial charge in [0, 0.05) is 22.0 Å². The SMILES string of the molecule is CCC1=CC(C2C=c3c(c4c(n3-c3ccccc3)=CC(C3=CC5C=CCCC5CC3)CC=4)=CC2)CC1C(C)C1CCCCC1C=N. The third-order valence-electron chi connectivity index (χ3n) is 13.3. The van der Waals surface area contributed by atoms with Gasteiger partial charge in [-0.05, 0) is 130 Å². The number of benzene rings is 1. The third-order valence-corrected chi connectivity index (χ3v) is 13.3. The Morgan fingerprint density at radius 3 is 2.52 bits per heavy atom. The molecule has 2 aromatic rings. The number of fused-ring (bicyclic) bond motifs is 4. The molecule has 8 rings (SSSR count). The summed E-state index contributed by atoms with van der Waals surface area (Å²) in [5, 5.41) is 13.9. The second kappa shape index (κ2) is 12.8. The molecule has 0 radical (unpaired) electrons. The minimum absolute atomic E-state index is 0.486. The summed E-state index contributed by atoms with van der Waals surface area (Å²) >= 11 is 0. The molecule has 9 atom stereocenters. The first kappa shape index (κ1) is 30.2. The van der Waals surface area contributed by atoms with Crippen molar-refractivity contribution >= 4 is 30.5 Å². The number of para-hydroxylation sites is 1. The van der Waals surface area contributed by atoms with E-state index in [1.54, 1.807) is 17.4 Å². The topological polar surface area (TPSA) is 28.8 Å². The predicted molar refractivity (Wildman–Crippen MR) is 194 cm³/mol. The average Bonchev–Trinajstić information content (AvgIpc) is 3.70. The second-order valence-corrected chi connectivity index (χ2v) is 15.6. The van der Waals surface area contributed by atoms with E-state index in [0.29, 0.717) is 47.3 Å². The Kier molecular flexibility index (Phi) is 8.42. The Bertz CT molecular complexity index is 1800. The van der Waals surface area contributed by atoms with Crippen LogP contribution in [0.1, 0.15) is 90.9 Å². The second-order valence-electron chi connectivity index (χ2n) is 15.6. The van der Waals surface area contributed by atoms with E-state index in [1.807, 2.05) is 0 Å². The van der Waals surface area contributed by atoms with Gasteiger partial charge in [0.1, 0.15) is 0 Å². The number of rotatable bonds is 7. The molecule has 1 aromatic heterocycles. The molecule has 9 unspecified atom stereocenters. The summed E-state index contributed by atoms with van der Waals surface area (Å²) in [5.41, 5.74) is 4.66. The number of hydrogen-bond acceptors (Lipinski definition) is 1. The van der Waals surface area contributed by atoms with Crippen molar-refractivity contribution in [1.29, 1.82) is 5.41 Å². The molecule has 1 aromatic carbocycles. The average molecular weight is 611 g/mol. The molecule has 6 aliphatic carbocycles. The van der Waals surface area contributed by atoms with Gasteiger partial charge in [-0.3, -0.25) is 0 Å². The van der Waals surface area contributed by atoms with Gasteiger partial charge in [0.25, 0.3) is 0 Å². The van der Waals surface area contributed by atoms with Gasteiger partial charge >= 0.3 is 0 Å². The number of nitrogens with one attached hydrogen (secondary N) is 1. The lowest BCUT2D eigenvalue weighted by Crippen LogP contribution is -2.41. The van der Waals surface area contributed by atoms with Gasteiger partial charge in [-0.2, -0.15) is 0 Å². The van der Waals surface area contributed by atoms with Crippen molar-refractivity contribution in [3.8, 4) is 5.69 Å². The summed E-state index contributed by atoms with van der Waals surface area (Å²) in [6, 6.07) is 11.2. The summed E-state index contributed by atoms with van der Waals surface area (Å²) in [4.78, 5) is 0. The highest BCUT2D eigenvalue weighted by Crippen LogP contribution is 2.47. The zero-order valence-electron chi connectivity index (χ0n) is 28.2. The fourth-order valence-corrected chi connectivity index (χ4v) is 10.8. The van der Waals surface area contributed by atoms with Gasteiger partial charge in [0.05, 0.1) is 10.7 Å². The largest absolute Gasteiger partial charge is 0.313 e. The highest BCUT2D eigenvalue weighted by molar-refractivity contribution is 5.57. The molecule has 46 heavy (non-hydrogen) atoms. The van der Waals surface area contributed by atoms with Crippen LogP contribution in [0.4, 0.5) is 0 Å². The molecular weight excluding hydrogens is 556 g/mol. The van der Waals surface area contributed by atoms with E-state index in [9.17, 15) is 0 Å². The van der Waals surface area contributed by atoms with Crippen molar-refractivity contribution in [2.75, 3.05) is 0 Å². The van der Waals surface area contributed by atoms with Gasteiger partial charge in [-0.1, -0.05) is 105 Å². The number of nitrogens with zero attached hydrogens (tertiary/aromatic N) is 1. The molecule has 2 heteroatoms. The molecular formula is C44H54N2. The van der Waals surface area contributed by atoms with Crippen LogP contribution in [0.2, 0.25) is 0 Å². The van der Waals surface area contributed by atoms with Gasteiger partial charge in [-0.15, -0.1) is 0 Å². The van der Waals surface area contributed by atoms with Crippen molar-refractivity contribution in [1.82, 2.24) is 4.57 Å². The predicted octanol–water partition coefficient (Wildman–Crippen LogP) is 8.01. The Hall–Kier alpha value is -3.13. The van der Waals surface area contributed by atoms with Crippen LogP contribution in [0.5, 0.6) is 0 Å². The van der Waals surface area contributed by atoms with E-state index in [2.05, 4.69) is 97.4 Å². The van der Waals surface area contributed by atoms with Gasteiger partial charge < -0.3 is 9.98 Å². The Morgan fingerprint density at radius 2 is 1.70 bits per heavy atom. The van der Waals surface area contributed by atoms with Crippen LogP contribution < -0.4 is 21.1 Å². The van der Waals surface area contributed by atoms with E-state index in [4.69, 9.17) is 5.41 Å². The maximum absolute atomic E-state index is 8.15. The van der Waals surface area contributed by atoms with E-state index >= 15 is 0 Å². The van der Waals surface area contributed by atoms with Crippen molar-refractivity contribution in [2.45, 2.75) is 90.9 Å². The molecule has 0 spiro atoms. The van der Waals surface area contributed by atoms with Crippen LogP contribution in [0.3, 0.4) is 0 Å². The van der Waals surface area contributed by atoms with Gasteiger partial charge in [0.2, 0.25) is 0 Å². The smallest absolute Gasteiger partial charge is 0.0503 e. The standard InChI is InChI=1S/C44H54N2/c1-3-30-23-37(25-42(30)29(2)39-16-10-9-13-36(39)28-45)35-20-22-41-40-21-19-34(33-18-17-31-11-7-8-12-32(31)24-33)26-43(40)46(44(41)27-35)38-14-5-4-6-15-38/h4-6,8,12,14-15,21-24,26-29,31-32,34-37,39,42,45H,3,7,9-11,13,16-20,25H2,1-2H3. The number of aromatic nitrogens is 1. The minimum Gasteiger partial charge on any atom is -0.313 e. The first-order valence-corrected chi connectivity index (χ1v) is 18.9. The van der Waals surface area contributed by atoms with E-state index < -0.39 is 0 Å². The van der Waals surface area contributed by atoms with Crippen LogP contribution in [0.15, 0.2) is 65.8 Å². The van der Waals surface area contributed by atoms with Gasteiger partial charge in [-0.25, -0.2) is 0 Å². The van der Waals surface area contributed by atoms with Crippen molar-refractivity contribution in [3.05, 3.63) is 86.9 Å². The number of hydrogen-bond donors (Lipinski definition) is 1. The quantitative estimate of drug-likeness (QED) is 0.243. The fourth-order valence-electron chi connectivity index (χ4n) is 10.8. The van der Waals surface area contributed by atoms with E-state index in [1.165, 1.54) is 91.0 Å². The summed E-state index contributed by atoms with van der Waals surface area (Å²) in [6.45, 7) is 4.90. The lowest BCUT2D eigenvalue weighted by molar-refractivity contribution is 0.171. The van der Waals surface area contributed by atoms with Crippen molar-refractivity contribution in [3.63, 3.8) is 0 Å². The molecule has 1 saturated carbocycles. The van der Waals surface area contributed by atoms with Crippen LogP contribution in [0, 0.1) is 58.7 Å². The first-order chi connectivity index (χ1) is 22.6. The fraction of sp³-hybridized carbons (Fsp3) is 0.523. The van der Waals surface area contributed by atoms with Crippen LogP contribution in [0.25, 0.3) is 30.0 Å². The van der Waals surface area contributed by atoms with E-state index in [-0.39, 0.29) is 0 Å². The highest BCUT2D eigenvalue weighted by atomic mass is 15.0. The first-order valence-electron chi connectivity index (χ1n) is 18.9. The molecule has 0 bridgehead atoms. The molecule has 2 nitrogen and oxygen atoms in total. The van der Waals surface area contributed by atoms with Crippen LogP contribution in [-0.4, -0.2) is 10.8 Å². The molecule has 0 aliphatic heterocycles. The summed E-state index contributed by atoms with van der Waals surface area (Å²) in [7, 11) is 0. The summed E-state index contributed by atoms with van der Waals surface area (Å²) < 4.78 is 2.61. The maximum Gasteiger partial charge on any atom is 0.0503 e. The lowest BCUT2D eigenvalue weighted by atomic mass is 9.67. The normalized spacial score (nSPS) is 33.9. The van der Waals surface area contributed by atoms with E-state index in [0.717, 1.165) is 18.8 Å². The molecule has 1 fully saturated rings. The molecule has 0 amide bonds. The molecule has 6 aliphatic rings. The molecule has 1 heterocycles. The summed E-state index contributed by atoms with van der Waals surface area (Å²) in [6.07, 6.45) is 37.7. The molecule has 0 saturated heterocycles. The molecule has 240 valence electrons. The molecule has 1 N–H and O–H groups in total. The summed E-state index contributed by atoms with van der Waals surface area (Å²) in [5.74, 6) is 5.68. The zero-order valence-corrected chi connectivity index (χ0v) is 28.2.